The number of hydrogen-bond donors (Lipinski definition) is 1. The van der Waals surface area contributed by atoms with Crippen molar-refractivity contribution in [2.75, 3.05) is 6.61 Å². The molecule has 12 heteroatoms. The topological polar surface area (TPSA) is 152 Å². The Kier molecular flexibility index (Phi) is 5.68. The lowest BCUT2D eigenvalue weighted by atomic mass is 10.1. The highest BCUT2D eigenvalue weighted by Gasteiger charge is 2.51. The summed E-state index contributed by atoms with van der Waals surface area (Å²) in [5.74, 6) is -1.73. The molecule has 1 fully saturated rings. The summed E-state index contributed by atoms with van der Waals surface area (Å²) in [4.78, 5) is 42.1. The van der Waals surface area contributed by atoms with Crippen LogP contribution in [0.2, 0.25) is 0 Å². The predicted octanol–water partition coefficient (Wildman–Crippen LogP) is -0.117. The number of aromatic nitrogens is 4. The maximum absolute atomic E-state index is 11.6. The third-order valence-electron chi connectivity index (χ3n) is 3.74. The molecule has 0 saturated carbocycles. The van der Waals surface area contributed by atoms with Gasteiger partial charge in [-0.2, -0.15) is 0 Å². The molecule has 12 nitrogen and oxygen atoms in total. The summed E-state index contributed by atoms with van der Waals surface area (Å²) in [5.41, 5.74) is 0.903. The van der Waals surface area contributed by atoms with Crippen LogP contribution in [0.15, 0.2) is 12.5 Å². The second-order valence-corrected chi connectivity index (χ2v) is 5.93. The highest BCUT2D eigenvalue weighted by atomic mass is 16.7. The van der Waals surface area contributed by atoms with Gasteiger partial charge in [0.1, 0.15) is 24.6 Å². The first-order valence-electron chi connectivity index (χ1n) is 8.29. The van der Waals surface area contributed by atoms with Gasteiger partial charge in [-0.05, 0) is 0 Å². The normalized spacial score (nSPS) is 24.0. The fourth-order valence-corrected chi connectivity index (χ4v) is 2.71. The molecule has 0 aromatic carbocycles. The third kappa shape index (κ3) is 4.34. The van der Waals surface area contributed by atoms with Gasteiger partial charge in [0, 0.05) is 20.8 Å². The number of rotatable bonds is 6. The molecular weight excluding hydrogens is 376 g/mol. The number of esters is 3. The molecule has 0 aliphatic carbocycles. The van der Waals surface area contributed by atoms with Crippen LogP contribution in [-0.4, -0.2) is 69.3 Å². The van der Waals surface area contributed by atoms with Crippen molar-refractivity contribution >= 4 is 28.9 Å². The first kappa shape index (κ1) is 19.5. The lowest BCUT2D eigenvalue weighted by Gasteiger charge is -2.22. The number of carbonyl (C=O) groups excluding carboxylic acids is 3. The molecule has 1 N–H and O–H groups in total. The Hall–Kier alpha value is -3.28. The highest BCUT2D eigenvalue weighted by Crippen LogP contribution is 2.31. The highest BCUT2D eigenvalue weighted by molar-refractivity contribution is 5.78. The van der Waals surface area contributed by atoms with E-state index >= 15 is 0 Å². The van der Waals surface area contributed by atoms with E-state index < -0.39 is 42.5 Å². The summed E-state index contributed by atoms with van der Waals surface area (Å²) in [5, 5.41) is 6.69. The average molecular weight is 394 g/mol. The van der Waals surface area contributed by atoms with E-state index in [1.807, 2.05) is 0 Å². The van der Waals surface area contributed by atoms with Gasteiger partial charge in [0.05, 0.1) is 6.20 Å². The molecule has 1 saturated heterocycles. The van der Waals surface area contributed by atoms with Gasteiger partial charge in [-0.15, -0.1) is 5.10 Å². The number of nitrogens with one attached hydrogen (secondary N) is 1. The molecule has 0 spiro atoms. The molecule has 0 unspecified atom stereocenters. The van der Waals surface area contributed by atoms with Crippen LogP contribution >= 0.6 is 0 Å². The molecule has 3 heterocycles. The fraction of sp³-hybridized carbons (Fsp3) is 0.500. The maximum atomic E-state index is 11.6. The first-order valence-corrected chi connectivity index (χ1v) is 8.29. The van der Waals surface area contributed by atoms with Gasteiger partial charge in [0.2, 0.25) is 12.4 Å². The van der Waals surface area contributed by atoms with Crippen molar-refractivity contribution < 1.29 is 38.1 Å². The molecule has 4 atom stereocenters. The second kappa shape index (κ2) is 8.17. The van der Waals surface area contributed by atoms with Gasteiger partial charge >= 0.3 is 17.9 Å². The van der Waals surface area contributed by atoms with Gasteiger partial charge in [-0.1, -0.05) is 0 Å². The van der Waals surface area contributed by atoms with E-state index in [2.05, 4.69) is 20.2 Å². The number of fused-ring (bicyclic) bond motifs is 1. The van der Waals surface area contributed by atoms with Crippen molar-refractivity contribution in [3.63, 3.8) is 0 Å². The summed E-state index contributed by atoms with van der Waals surface area (Å²) < 4.78 is 26.9. The quantitative estimate of drug-likeness (QED) is 0.515. The van der Waals surface area contributed by atoms with Crippen molar-refractivity contribution in [1.29, 1.82) is 0 Å². The zero-order chi connectivity index (χ0) is 20.3. The minimum absolute atomic E-state index is 0.0780. The number of carbonyl (C=O) groups is 3. The summed E-state index contributed by atoms with van der Waals surface area (Å²) in [6, 6.07) is 0. The Morgan fingerprint density at radius 1 is 1.11 bits per heavy atom. The minimum atomic E-state index is -1.18. The Bertz CT molecular complexity index is 884. The van der Waals surface area contributed by atoms with E-state index in [4.69, 9.17) is 23.7 Å². The molecule has 2 aromatic heterocycles. The SMILES string of the molecule is CC(=O)OC[C@H]1O[C@@H](Oc2n[nH]c3cncnc23)[C@H](OC(C)=O)[C@@H]1OC(C)=O. The van der Waals surface area contributed by atoms with E-state index in [0.29, 0.717) is 11.0 Å². The average Bonchev–Trinajstić information content (AvgIpc) is 3.16. The number of nitrogens with zero attached hydrogens (tertiary/aromatic N) is 3. The monoisotopic (exact) mass is 394 g/mol. The zero-order valence-electron chi connectivity index (χ0n) is 15.3. The van der Waals surface area contributed by atoms with Gasteiger partial charge < -0.3 is 23.7 Å². The van der Waals surface area contributed by atoms with E-state index in [-0.39, 0.29) is 12.5 Å². The first-order chi connectivity index (χ1) is 13.3. The van der Waals surface area contributed by atoms with Crippen molar-refractivity contribution in [1.82, 2.24) is 20.2 Å². The number of hydrogen-bond acceptors (Lipinski definition) is 11. The van der Waals surface area contributed by atoms with E-state index in [1.54, 1.807) is 0 Å². The summed E-state index contributed by atoms with van der Waals surface area (Å²) in [6.07, 6.45) is -1.44. The van der Waals surface area contributed by atoms with Crippen molar-refractivity contribution in [2.24, 2.45) is 0 Å². The number of ether oxygens (including phenoxy) is 5. The molecule has 1 aliphatic heterocycles. The van der Waals surface area contributed by atoms with Gasteiger partial charge in [0.15, 0.2) is 11.6 Å². The molecule has 28 heavy (non-hydrogen) atoms. The van der Waals surface area contributed by atoms with E-state index in [9.17, 15) is 14.4 Å². The smallest absolute Gasteiger partial charge is 0.303 e. The van der Waals surface area contributed by atoms with Crippen molar-refractivity contribution in [3.05, 3.63) is 12.5 Å². The third-order valence-corrected chi connectivity index (χ3v) is 3.74. The Morgan fingerprint density at radius 2 is 1.82 bits per heavy atom. The molecule has 1 aliphatic rings. The van der Waals surface area contributed by atoms with Gasteiger partial charge in [-0.3, -0.25) is 19.5 Å². The molecule has 0 radical (unpaired) electrons. The fourth-order valence-electron chi connectivity index (χ4n) is 2.71. The standard InChI is InChI=1S/C16H18N4O8/c1-7(21)24-5-11-13(25-8(2)22)14(26-9(3)23)16(27-11)28-15-12-10(19-20-15)4-17-6-18-12/h4,6,11,13-14,16H,5H2,1-3H3,(H,19,20)/t11-,13-,14-,16+/m1/s1. The lowest BCUT2D eigenvalue weighted by molar-refractivity contribution is -0.171. The number of aromatic amines is 1. The van der Waals surface area contributed by atoms with Crippen LogP contribution < -0.4 is 4.74 Å². The lowest BCUT2D eigenvalue weighted by Crippen LogP contribution is -2.42. The molecule has 0 bridgehead atoms. The van der Waals surface area contributed by atoms with Crippen LogP contribution in [0.1, 0.15) is 20.8 Å². The van der Waals surface area contributed by atoms with E-state index in [0.717, 1.165) is 0 Å². The molecular formula is C16H18N4O8. The summed E-state index contributed by atoms with van der Waals surface area (Å²) in [7, 11) is 0. The Labute approximate surface area is 158 Å². The molecule has 2 aromatic rings. The molecule has 0 amide bonds. The molecule has 3 rings (SSSR count). The van der Waals surface area contributed by atoms with Crippen LogP contribution in [0.25, 0.3) is 11.0 Å². The van der Waals surface area contributed by atoms with Gasteiger partial charge in [-0.25, -0.2) is 9.97 Å². The van der Waals surface area contributed by atoms with Crippen LogP contribution in [-0.2, 0) is 33.3 Å². The Balaban J connectivity index is 1.86. The maximum Gasteiger partial charge on any atom is 0.303 e. The summed E-state index contributed by atoms with van der Waals surface area (Å²) >= 11 is 0. The minimum Gasteiger partial charge on any atom is -0.463 e. The van der Waals surface area contributed by atoms with Crippen molar-refractivity contribution in [3.8, 4) is 5.88 Å². The predicted molar refractivity (Wildman–Crippen MR) is 88.7 cm³/mol. The number of H-pyrrole nitrogens is 1. The molecule has 150 valence electrons. The van der Waals surface area contributed by atoms with Crippen LogP contribution in [0.4, 0.5) is 0 Å². The van der Waals surface area contributed by atoms with Crippen LogP contribution in [0.5, 0.6) is 5.88 Å². The van der Waals surface area contributed by atoms with Crippen LogP contribution in [0, 0.1) is 0 Å². The van der Waals surface area contributed by atoms with Crippen molar-refractivity contribution in [2.45, 2.75) is 45.4 Å². The second-order valence-electron chi connectivity index (χ2n) is 5.93. The Morgan fingerprint density at radius 3 is 2.50 bits per heavy atom. The van der Waals surface area contributed by atoms with E-state index in [1.165, 1.54) is 33.3 Å². The largest absolute Gasteiger partial charge is 0.463 e. The van der Waals surface area contributed by atoms with Crippen LogP contribution in [0.3, 0.4) is 0 Å². The zero-order valence-corrected chi connectivity index (χ0v) is 15.3. The summed E-state index contributed by atoms with van der Waals surface area (Å²) in [6.45, 7) is 3.38. The van der Waals surface area contributed by atoms with Gasteiger partial charge in [0.25, 0.3) is 5.88 Å².